The van der Waals surface area contributed by atoms with Crippen molar-refractivity contribution in [1.29, 1.82) is 0 Å². The molecule has 4 rings (SSSR count). The molecule has 0 fully saturated rings. The molecule has 1 aliphatic heterocycles. The Kier molecular flexibility index (Phi) is 9.79. The van der Waals surface area contributed by atoms with Crippen LogP contribution >= 0.6 is 0 Å². The van der Waals surface area contributed by atoms with Gasteiger partial charge in [0, 0.05) is 32.3 Å². The molecular weight excluding hydrogens is 646 g/mol. The Bertz CT molecular complexity index is 1270. The maximum Gasteiger partial charge on any atom is 0.284 e. The van der Waals surface area contributed by atoms with E-state index in [-0.39, 0.29) is 54.1 Å². The van der Waals surface area contributed by atoms with Crippen molar-refractivity contribution < 1.29 is 43.2 Å². The van der Waals surface area contributed by atoms with E-state index >= 15 is 0 Å². The molecule has 1 aliphatic rings. The van der Waals surface area contributed by atoms with Crippen LogP contribution in [0.4, 0.5) is 18.9 Å². The first kappa shape index (κ1) is 29.0. The van der Waals surface area contributed by atoms with Gasteiger partial charge in [-0.2, -0.15) is 46.0 Å². The Morgan fingerprint density at radius 2 is 1.69 bits per heavy atom. The molecule has 4 nitrogen and oxygen atoms in total. The summed E-state index contributed by atoms with van der Waals surface area (Å²) in [5.74, 6) is -1.97. The summed E-state index contributed by atoms with van der Waals surface area (Å²) in [5.41, 5.74) is 1.85. The normalized spacial score (nSPS) is 14.5. The molecule has 1 radical (unpaired) electrons. The monoisotopic (exact) mass is 671 g/mol. The van der Waals surface area contributed by atoms with Crippen molar-refractivity contribution in [3.63, 3.8) is 0 Å². The third-order valence-corrected chi connectivity index (χ3v) is 4.91. The second-order valence-corrected chi connectivity index (χ2v) is 9.15. The van der Waals surface area contributed by atoms with Crippen LogP contribution in [0.2, 0.25) is 0 Å². The molecule has 3 aromatic rings. The molecule has 0 spiro atoms. The topological polar surface area (TPSA) is 52.9 Å². The number of carbonyl (C=O) groups excluding carboxylic acids is 1. The summed E-state index contributed by atoms with van der Waals surface area (Å²) in [4.78, 5) is 12.4. The number of aliphatic hydroxyl groups excluding tert-OH is 1. The third kappa shape index (κ3) is 7.39. The fourth-order valence-corrected chi connectivity index (χ4v) is 3.39. The van der Waals surface area contributed by atoms with Crippen LogP contribution < -0.4 is 5.01 Å². The summed E-state index contributed by atoms with van der Waals surface area (Å²) >= 11 is 0. The minimum atomic E-state index is -0.623. The maximum absolute atomic E-state index is 13.2. The first-order valence-corrected chi connectivity index (χ1v) is 10.9. The molecule has 1 amide bonds. The van der Waals surface area contributed by atoms with E-state index in [1.54, 1.807) is 31.2 Å². The largest absolute Gasteiger partial charge is 0.511 e. The van der Waals surface area contributed by atoms with Gasteiger partial charge < -0.3 is 5.11 Å². The fourth-order valence-electron chi connectivity index (χ4n) is 3.39. The molecule has 0 aliphatic carbocycles. The van der Waals surface area contributed by atoms with Gasteiger partial charge in [0.05, 0.1) is 11.4 Å². The number of carbonyl (C=O) groups is 1. The second kappa shape index (κ2) is 12.1. The molecule has 0 atom stereocenters. The van der Waals surface area contributed by atoms with Crippen LogP contribution in [0.3, 0.4) is 0 Å². The summed E-state index contributed by atoms with van der Waals surface area (Å²) in [5, 5.41) is 15.6. The van der Waals surface area contributed by atoms with Crippen molar-refractivity contribution in [3.8, 4) is 11.1 Å². The number of hydrogen-bond donors (Lipinski definition) is 1. The van der Waals surface area contributed by atoms with E-state index < -0.39 is 11.6 Å². The van der Waals surface area contributed by atoms with Gasteiger partial charge in [0.25, 0.3) is 5.91 Å². The van der Waals surface area contributed by atoms with Gasteiger partial charge in [-0.1, -0.05) is 26.8 Å². The van der Waals surface area contributed by atoms with Crippen molar-refractivity contribution in [3.05, 3.63) is 102 Å². The van der Waals surface area contributed by atoms with E-state index in [0.29, 0.717) is 23.4 Å². The first-order valence-electron chi connectivity index (χ1n) is 10.9. The SMILES string of the molecule is CC1=NN(c2ccc(F)cc2)C(=O)/C1=C(\O)CC(C)(C)C.Fc1c[c-]c(-c2[c-]cccc2)c(F)c1.[Ir]. The number of hydrogen-bond acceptors (Lipinski definition) is 3. The molecule has 0 saturated heterocycles. The van der Waals surface area contributed by atoms with Gasteiger partial charge >= 0.3 is 0 Å². The summed E-state index contributed by atoms with van der Waals surface area (Å²) in [7, 11) is 0. The molecule has 8 heteroatoms. The summed E-state index contributed by atoms with van der Waals surface area (Å²) in [6, 6.07) is 19.8. The molecule has 1 heterocycles. The molecule has 191 valence electrons. The molecule has 0 saturated carbocycles. The predicted molar refractivity (Wildman–Crippen MR) is 130 cm³/mol. The summed E-state index contributed by atoms with van der Waals surface area (Å²) in [6.45, 7) is 7.61. The van der Waals surface area contributed by atoms with E-state index in [9.17, 15) is 23.1 Å². The van der Waals surface area contributed by atoms with Crippen molar-refractivity contribution in [2.24, 2.45) is 10.5 Å². The van der Waals surface area contributed by atoms with Gasteiger partial charge in [-0.3, -0.25) is 13.6 Å². The van der Waals surface area contributed by atoms with Gasteiger partial charge in [-0.05, 0) is 42.4 Å². The van der Waals surface area contributed by atoms with Gasteiger partial charge in [-0.25, -0.2) is 9.95 Å². The first-order chi connectivity index (χ1) is 16.5. The van der Waals surface area contributed by atoms with E-state index in [1.165, 1.54) is 29.3 Å². The number of allylic oxidation sites excluding steroid dienone is 1. The van der Waals surface area contributed by atoms with Crippen LogP contribution in [0.15, 0.2) is 77.1 Å². The molecule has 0 bridgehead atoms. The zero-order chi connectivity index (χ0) is 25.8. The van der Waals surface area contributed by atoms with Crippen molar-refractivity contribution in [1.82, 2.24) is 0 Å². The van der Waals surface area contributed by atoms with E-state index in [2.05, 4.69) is 17.2 Å². The minimum absolute atomic E-state index is 0. The molecular formula is C28H25F3IrN2O2-2. The van der Waals surface area contributed by atoms with Gasteiger partial charge in [0.2, 0.25) is 0 Å². The van der Waals surface area contributed by atoms with Crippen molar-refractivity contribution in [2.75, 3.05) is 5.01 Å². The second-order valence-electron chi connectivity index (χ2n) is 9.15. The van der Waals surface area contributed by atoms with Gasteiger partial charge in [0.15, 0.2) is 0 Å². The fraction of sp³-hybridized carbons (Fsp3) is 0.214. The average Bonchev–Trinajstić information content (AvgIpc) is 3.08. The Labute approximate surface area is 222 Å². The number of rotatable bonds is 3. The van der Waals surface area contributed by atoms with E-state index in [1.807, 2.05) is 20.8 Å². The number of benzene rings is 3. The van der Waals surface area contributed by atoms with Crippen LogP contribution in [-0.4, -0.2) is 16.7 Å². The van der Waals surface area contributed by atoms with Crippen LogP contribution in [-0.2, 0) is 24.9 Å². The van der Waals surface area contributed by atoms with Gasteiger partial charge in [0.1, 0.15) is 17.1 Å². The zero-order valence-electron chi connectivity index (χ0n) is 20.2. The van der Waals surface area contributed by atoms with Crippen LogP contribution in [0, 0.1) is 35.0 Å². The summed E-state index contributed by atoms with van der Waals surface area (Å²) < 4.78 is 38.8. The Morgan fingerprint density at radius 1 is 1.03 bits per heavy atom. The maximum atomic E-state index is 13.2. The predicted octanol–water partition coefficient (Wildman–Crippen LogP) is 7.03. The smallest absolute Gasteiger partial charge is 0.284 e. The summed E-state index contributed by atoms with van der Waals surface area (Å²) in [6.07, 6.45) is 0.387. The molecule has 3 aromatic carbocycles. The number of hydrazone groups is 1. The van der Waals surface area contributed by atoms with Crippen LogP contribution in [0.1, 0.15) is 34.1 Å². The third-order valence-electron chi connectivity index (χ3n) is 4.91. The van der Waals surface area contributed by atoms with Crippen molar-refractivity contribution in [2.45, 2.75) is 34.1 Å². The van der Waals surface area contributed by atoms with Crippen molar-refractivity contribution >= 4 is 17.3 Å². The Hall–Kier alpha value is -3.22. The van der Waals surface area contributed by atoms with E-state index in [0.717, 1.165) is 12.1 Å². The molecule has 0 aromatic heterocycles. The number of anilines is 1. The van der Waals surface area contributed by atoms with Crippen LogP contribution in [0.5, 0.6) is 0 Å². The number of amides is 1. The number of aliphatic hydroxyl groups is 1. The minimum Gasteiger partial charge on any atom is -0.511 e. The van der Waals surface area contributed by atoms with Crippen LogP contribution in [0.25, 0.3) is 11.1 Å². The molecule has 36 heavy (non-hydrogen) atoms. The van der Waals surface area contributed by atoms with E-state index in [4.69, 9.17) is 0 Å². The standard InChI is InChI=1S/C16H19FN2O2.C12H6F2.Ir/c1-10-14(13(20)9-16(2,3)4)15(21)19(18-10)12-7-5-11(17)6-8-12;13-10-6-7-11(12(14)8-10)9-4-2-1-3-5-9;/h5-8,20H,9H2,1-4H3;1-4,6,8H;/q;-2;/b14-13-;;. The number of halogens is 3. The molecule has 0 unspecified atom stereocenters. The average molecular weight is 671 g/mol. The quantitative estimate of drug-likeness (QED) is 0.185. The number of nitrogens with zero attached hydrogens (tertiary/aromatic N) is 2. The molecule has 1 N–H and O–H groups in total. The van der Waals surface area contributed by atoms with Gasteiger partial charge in [-0.15, -0.1) is 12.1 Å². The Balaban J connectivity index is 0.000000265. The Morgan fingerprint density at radius 3 is 2.25 bits per heavy atom. The zero-order valence-corrected chi connectivity index (χ0v) is 22.6.